The number of carbonyl (C=O) groups is 3. The third kappa shape index (κ3) is 5.15. The van der Waals surface area contributed by atoms with Crippen LogP contribution in [0.1, 0.15) is 31.1 Å². The number of nitrogens with one attached hydrogen (secondary N) is 1. The first-order chi connectivity index (χ1) is 10.2. The van der Waals surface area contributed by atoms with Gasteiger partial charge < -0.3 is 25.5 Å². The zero-order valence-corrected chi connectivity index (χ0v) is 12.2. The predicted molar refractivity (Wildman–Crippen MR) is 77.3 cm³/mol. The van der Waals surface area contributed by atoms with Crippen molar-refractivity contribution < 1.29 is 29.7 Å². The monoisotopic (exact) mass is 310 g/mol. The molecule has 0 aromatic heterocycles. The summed E-state index contributed by atoms with van der Waals surface area (Å²) in [5.41, 5.74) is -0.674. The molecule has 1 unspecified atom stereocenters. The van der Waals surface area contributed by atoms with Gasteiger partial charge in [-0.2, -0.15) is 0 Å². The maximum atomic E-state index is 12.0. The summed E-state index contributed by atoms with van der Waals surface area (Å²) in [6.45, 7) is 0.312. The van der Waals surface area contributed by atoms with Gasteiger partial charge in [-0.3, -0.25) is 4.79 Å². The Bertz CT molecular complexity index is 552. The summed E-state index contributed by atoms with van der Waals surface area (Å²) < 4.78 is 0. The van der Waals surface area contributed by atoms with Gasteiger partial charge in [0, 0.05) is 18.7 Å². The zero-order valence-electron chi connectivity index (χ0n) is 12.2. The Morgan fingerprint density at radius 2 is 1.50 bits per heavy atom. The van der Waals surface area contributed by atoms with Crippen LogP contribution in [0.5, 0.6) is 0 Å². The number of aliphatic hydroxyl groups is 1. The smallest absolute Gasteiger partial charge is 0.335 e. The maximum Gasteiger partial charge on any atom is 0.335 e. The summed E-state index contributed by atoms with van der Waals surface area (Å²) in [6, 6.07) is 3.15. The van der Waals surface area contributed by atoms with Crippen LogP contribution in [0.15, 0.2) is 18.2 Å². The fourth-order valence-corrected chi connectivity index (χ4v) is 1.80. The molecule has 1 atom stereocenters. The van der Waals surface area contributed by atoms with Gasteiger partial charge in [0.2, 0.25) is 0 Å². The molecule has 0 aliphatic carbocycles. The lowest BCUT2D eigenvalue weighted by Crippen LogP contribution is -2.37. The second-order valence-electron chi connectivity index (χ2n) is 5.04. The highest BCUT2D eigenvalue weighted by Gasteiger charge is 2.16. The van der Waals surface area contributed by atoms with Crippen LogP contribution in [0.25, 0.3) is 0 Å². The average Bonchev–Trinajstić information content (AvgIpc) is 2.43. The SMILES string of the molecule is CN(C)CC(O)CNC(=O)c1cc(C(=O)O)cc(C(=O)O)c1. The molecule has 1 amide bonds. The highest BCUT2D eigenvalue weighted by molar-refractivity contribution is 6.01. The standard InChI is InChI=1S/C14H18N2O6/c1-16(2)7-11(17)6-15-12(18)8-3-9(13(19)20)5-10(4-8)14(21)22/h3-5,11,17H,6-7H2,1-2H3,(H,15,18)(H,19,20)(H,21,22). The first-order valence-corrected chi connectivity index (χ1v) is 6.43. The fourth-order valence-electron chi connectivity index (χ4n) is 1.80. The summed E-state index contributed by atoms with van der Waals surface area (Å²) in [6.07, 6.45) is -0.791. The molecule has 1 aromatic carbocycles. The minimum Gasteiger partial charge on any atom is -0.478 e. The van der Waals surface area contributed by atoms with Crippen LogP contribution in [-0.2, 0) is 0 Å². The zero-order chi connectivity index (χ0) is 16.9. The maximum absolute atomic E-state index is 12.0. The van der Waals surface area contributed by atoms with Crippen molar-refractivity contribution in [1.29, 1.82) is 0 Å². The Labute approximate surface area is 127 Å². The Balaban J connectivity index is 2.88. The predicted octanol–water partition coefficient (Wildman–Crippen LogP) is -0.265. The second kappa shape index (κ2) is 7.53. The summed E-state index contributed by atoms with van der Waals surface area (Å²) in [4.78, 5) is 35.6. The number of aliphatic hydroxyl groups excluding tert-OH is 1. The molecule has 0 spiro atoms. The lowest BCUT2D eigenvalue weighted by Gasteiger charge is -2.16. The molecule has 22 heavy (non-hydrogen) atoms. The molecule has 0 heterocycles. The molecule has 0 aliphatic heterocycles. The van der Waals surface area contributed by atoms with E-state index in [1.54, 1.807) is 19.0 Å². The number of carbonyl (C=O) groups excluding carboxylic acids is 1. The van der Waals surface area contributed by atoms with Crippen LogP contribution in [0, 0.1) is 0 Å². The number of hydrogen-bond donors (Lipinski definition) is 4. The molecule has 0 fully saturated rings. The molecular weight excluding hydrogens is 292 g/mol. The van der Waals surface area contributed by atoms with E-state index >= 15 is 0 Å². The van der Waals surface area contributed by atoms with Crippen molar-refractivity contribution in [1.82, 2.24) is 10.2 Å². The van der Waals surface area contributed by atoms with E-state index in [9.17, 15) is 19.5 Å². The number of carboxylic acid groups (broad SMARTS) is 2. The topological polar surface area (TPSA) is 127 Å². The molecular formula is C14H18N2O6. The molecule has 0 saturated heterocycles. The molecule has 8 nitrogen and oxygen atoms in total. The second-order valence-corrected chi connectivity index (χ2v) is 5.04. The van der Waals surface area contributed by atoms with Crippen molar-refractivity contribution in [3.8, 4) is 0 Å². The van der Waals surface area contributed by atoms with Gasteiger partial charge in [0.15, 0.2) is 0 Å². The summed E-state index contributed by atoms with van der Waals surface area (Å²) in [7, 11) is 3.53. The van der Waals surface area contributed by atoms with Crippen molar-refractivity contribution in [2.75, 3.05) is 27.2 Å². The molecule has 1 rings (SSSR count). The number of rotatable bonds is 7. The van der Waals surface area contributed by atoms with E-state index in [0.29, 0.717) is 6.54 Å². The Morgan fingerprint density at radius 1 is 1.05 bits per heavy atom. The summed E-state index contributed by atoms with van der Waals surface area (Å²) >= 11 is 0. The summed E-state index contributed by atoms with van der Waals surface area (Å²) in [5.74, 6) is -3.31. The lowest BCUT2D eigenvalue weighted by molar-refractivity contribution is 0.0696. The van der Waals surface area contributed by atoms with Gasteiger partial charge in [-0.15, -0.1) is 0 Å². The molecule has 0 radical (unpaired) electrons. The molecule has 1 aromatic rings. The van der Waals surface area contributed by atoms with Crippen LogP contribution in [-0.4, -0.2) is 71.4 Å². The number of amides is 1. The first-order valence-electron chi connectivity index (χ1n) is 6.43. The van der Waals surface area contributed by atoms with Crippen LogP contribution in [0.3, 0.4) is 0 Å². The third-order valence-corrected chi connectivity index (χ3v) is 2.76. The molecule has 120 valence electrons. The number of benzene rings is 1. The van der Waals surface area contributed by atoms with Gasteiger partial charge in [-0.25, -0.2) is 9.59 Å². The van der Waals surface area contributed by atoms with Crippen LogP contribution < -0.4 is 5.32 Å². The number of likely N-dealkylation sites (N-methyl/N-ethyl adjacent to an activating group) is 1. The van der Waals surface area contributed by atoms with Crippen LogP contribution in [0.2, 0.25) is 0 Å². The van der Waals surface area contributed by atoms with Gasteiger partial charge >= 0.3 is 11.9 Å². The largest absolute Gasteiger partial charge is 0.478 e. The van der Waals surface area contributed by atoms with Gasteiger partial charge in [0.1, 0.15) is 0 Å². The average molecular weight is 310 g/mol. The number of nitrogens with zero attached hydrogens (tertiary/aromatic N) is 1. The first kappa shape index (κ1) is 17.6. The van der Waals surface area contributed by atoms with Gasteiger partial charge in [0.25, 0.3) is 5.91 Å². The van der Waals surface area contributed by atoms with Crippen molar-refractivity contribution in [3.05, 3.63) is 34.9 Å². The van der Waals surface area contributed by atoms with Crippen LogP contribution >= 0.6 is 0 Å². The Hall–Kier alpha value is -2.45. The summed E-state index contributed by atoms with van der Waals surface area (Å²) in [5, 5.41) is 30.0. The van der Waals surface area contributed by atoms with E-state index in [-0.39, 0.29) is 23.2 Å². The van der Waals surface area contributed by atoms with Crippen molar-refractivity contribution in [2.24, 2.45) is 0 Å². The molecule has 0 saturated carbocycles. The van der Waals surface area contributed by atoms with E-state index < -0.39 is 23.9 Å². The third-order valence-electron chi connectivity index (χ3n) is 2.76. The normalized spacial score (nSPS) is 12.0. The van der Waals surface area contributed by atoms with Crippen molar-refractivity contribution >= 4 is 17.8 Å². The highest BCUT2D eigenvalue weighted by atomic mass is 16.4. The van der Waals surface area contributed by atoms with E-state index in [1.807, 2.05) is 0 Å². The van der Waals surface area contributed by atoms with Gasteiger partial charge in [-0.1, -0.05) is 0 Å². The van der Waals surface area contributed by atoms with Gasteiger partial charge in [0.05, 0.1) is 17.2 Å². The Morgan fingerprint density at radius 3 is 1.91 bits per heavy atom. The number of hydrogen-bond acceptors (Lipinski definition) is 5. The van der Waals surface area contributed by atoms with Gasteiger partial charge in [-0.05, 0) is 32.3 Å². The minimum atomic E-state index is -1.33. The van der Waals surface area contributed by atoms with Crippen molar-refractivity contribution in [3.63, 3.8) is 0 Å². The number of carboxylic acids is 2. The van der Waals surface area contributed by atoms with E-state index in [4.69, 9.17) is 10.2 Å². The molecule has 0 aliphatic rings. The molecule has 8 heteroatoms. The lowest BCUT2D eigenvalue weighted by atomic mass is 10.0. The molecule has 4 N–H and O–H groups in total. The minimum absolute atomic E-state index is 0.0310. The fraction of sp³-hybridized carbons (Fsp3) is 0.357. The molecule has 0 bridgehead atoms. The number of aromatic carboxylic acids is 2. The van der Waals surface area contributed by atoms with Crippen molar-refractivity contribution in [2.45, 2.75) is 6.10 Å². The quantitative estimate of drug-likeness (QED) is 0.546. The van der Waals surface area contributed by atoms with E-state index in [2.05, 4.69) is 5.32 Å². The van der Waals surface area contributed by atoms with E-state index in [0.717, 1.165) is 18.2 Å². The van der Waals surface area contributed by atoms with Crippen LogP contribution in [0.4, 0.5) is 0 Å². The highest BCUT2D eigenvalue weighted by Crippen LogP contribution is 2.11. The Kier molecular flexibility index (Phi) is 6.02. The van der Waals surface area contributed by atoms with E-state index in [1.165, 1.54) is 0 Å².